The Labute approximate surface area is 127 Å². The van der Waals surface area contributed by atoms with E-state index in [4.69, 9.17) is 0 Å². The number of nitrogens with one attached hydrogen (secondary N) is 1. The van der Waals surface area contributed by atoms with Gasteiger partial charge >= 0.3 is 0 Å². The summed E-state index contributed by atoms with van der Waals surface area (Å²) in [6.45, 7) is 2.72. The number of carbonyl (C=O) groups excluding carboxylic acids is 1. The molecule has 0 aliphatic heterocycles. The predicted molar refractivity (Wildman–Crippen MR) is 85.7 cm³/mol. The first kappa shape index (κ1) is 15.9. The molecule has 6 nitrogen and oxygen atoms in total. The van der Waals surface area contributed by atoms with Gasteiger partial charge in [0, 0.05) is 26.6 Å². The van der Waals surface area contributed by atoms with Crippen LogP contribution in [0.4, 0.5) is 0 Å². The number of nitrogens with zero attached hydrogens (tertiary/aromatic N) is 4. The number of aromatic nitrogens is 3. The fourth-order valence-corrected chi connectivity index (χ4v) is 2.53. The second kappa shape index (κ2) is 6.96. The van der Waals surface area contributed by atoms with Crippen molar-refractivity contribution >= 4 is 20.9 Å². The fraction of sp³-hybridized carbons (Fsp3) is 0.500. The first-order chi connectivity index (χ1) is 10.0. The van der Waals surface area contributed by atoms with Crippen LogP contribution in [-0.2, 0) is 17.8 Å². The molecule has 2 atom stereocenters. The van der Waals surface area contributed by atoms with Crippen molar-refractivity contribution in [3.05, 3.63) is 29.7 Å². The van der Waals surface area contributed by atoms with Crippen LogP contribution in [0.2, 0.25) is 0 Å². The molecule has 2 unspecified atom stereocenters. The lowest BCUT2D eigenvalue weighted by molar-refractivity contribution is -0.133. The van der Waals surface area contributed by atoms with E-state index in [1.165, 1.54) is 0 Å². The average molecular weight is 307 g/mol. The van der Waals surface area contributed by atoms with Crippen LogP contribution >= 0.6 is 9.39 Å². The number of fused-ring (bicyclic) bond motifs is 1. The van der Waals surface area contributed by atoms with Gasteiger partial charge in [-0.15, -0.1) is 0 Å². The summed E-state index contributed by atoms with van der Waals surface area (Å²) in [5.74, 6) is 0.154. The second-order valence-electron chi connectivity index (χ2n) is 5.32. The minimum atomic E-state index is -0.00705. The molecule has 0 saturated heterocycles. The van der Waals surface area contributed by atoms with Crippen molar-refractivity contribution in [1.29, 1.82) is 0 Å². The highest BCUT2D eigenvalue weighted by Crippen LogP contribution is 2.15. The third-order valence-electron chi connectivity index (χ3n) is 3.47. The van der Waals surface area contributed by atoms with Crippen molar-refractivity contribution in [2.75, 3.05) is 14.1 Å². The van der Waals surface area contributed by atoms with Crippen molar-refractivity contribution in [2.45, 2.75) is 26.3 Å². The van der Waals surface area contributed by atoms with Gasteiger partial charge in [0.05, 0.1) is 18.1 Å². The first-order valence-corrected chi connectivity index (χ1v) is 7.60. The number of amides is 1. The van der Waals surface area contributed by atoms with Crippen LogP contribution in [0, 0.1) is 5.92 Å². The summed E-state index contributed by atoms with van der Waals surface area (Å²) in [6, 6.07) is 2.00. The second-order valence-corrected chi connectivity index (χ2v) is 5.73. The van der Waals surface area contributed by atoms with E-state index in [9.17, 15) is 4.79 Å². The van der Waals surface area contributed by atoms with Crippen molar-refractivity contribution < 1.29 is 4.79 Å². The molecule has 2 aromatic heterocycles. The Hall–Kier alpha value is -1.52. The molecule has 0 fully saturated rings. The molecule has 2 rings (SSSR count). The number of hydrogen-bond acceptors (Lipinski definition) is 4. The molecule has 0 aliphatic rings. The highest BCUT2D eigenvalue weighted by Gasteiger charge is 2.19. The molecular weight excluding hydrogens is 285 g/mol. The summed E-state index contributed by atoms with van der Waals surface area (Å²) in [5, 5.41) is 7.36. The summed E-state index contributed by atoms with van der Waals surface area (Å²) in [4.78, 5) is 18.3. The zero-order chi connectivity index (χ0) is 15.4. The van der Waals surface area contributed by atoms with E-state index in [0.717, 1.165) is 23.3 Å². The first-order valence-electron chi connectivity index (χ1n) is 7.03. The lowest BCUT2D eigenvalue weighted by atomic mass is 9.97. The zero-order valence-electron chi connectivity index (χ0n) is 12.7. The summed E-state index contributed by atoms with van der Waals surface area (Å²) in [7, 11) is 6.05. The summed E-state index contributed by atoms with van der Waals surface area (Å²) in [6.07, 6.45) is 5.23. The smallest absolute Gasteiger partial charge is 0.225 e. The topological polar surface area (TPSA) is 62.5 Å². The van der Waals surface area contributed by atoms with Crippen LogP contribution in [0.1, 0.15) is 24.6 Å². The van der Waals surface area contributed by atoms with Gasteiger partial charge in [-0.3, -0.25) is 9.88 Å². The Morgan fingerprint density at radius 3 is 2.90 bits per heavy atom. The third-order valence-corrected chi connectivity index (χ3v) is 3.68. The Bertz CT molecular complexity index is 625. The van der Waals surface area contributed by atoms with E-state index in [-0.39, 0.29) is 11.8 Å². The monoisotopic (exact) mass is 307 g/mol. The Morgan fingerprint density at radius 1 is 1.52 bits per heavy atom. The summed E-state index contributed by atoms with van der Waals surface area (Å²) in [5.41, 5.74) is 2.79. The molecule has 7 heteroatoms. The van der Waals surface area contributed by atoms with Crippen LogP contribution in [0.5, 0.6) is 0 Å². The number of imidazole rings is 1. The van der Waals surface area contributed by atoms with Crippen molar-refractivity contribution in [3.63, 3.8) is 0 Å². The molecule has 2 heterocycles. The lowest BCUT2D eigenvalue weighted by Gasteiger charge is -2.19. The number of carbonyl (C=O) groups is 1. The van der Waals surface area contributed by atoms with Gasteiger partial charge in [0.25, 0.3) is 0 Å². The van der Waals surface area contributed by atoms with E-state index in [0.29, 0.717) is 13.0 Å². The van der Waals surface area contributed by atoms with Gasteiger partial charge in [0.2, 0.25) is 5.91 Å². The van der Waals surface area contributed by atoms with Crippen LogP contribution in [0.3, 0.4) is 0 Å². The summed E-state index contributed by atoms with van der Waals surface area (Å²) < 4.78 is 1.76. The SMILES string of the molecule is CCC(Cc1cnn2cc(CNP)nc2c1)C(=O)N(C)C. The van der Waals surface area contributed by atoms with E-state index in [1.54, 1.807) is 23.5 Å². The van der Waals surface area contributed by atoms with Gasteiger partial charge in [-0.1, -0.05) is 16.3 Å². The zero-order valence-corrected chi connectivity index (χ0v) is 13.9. The standard InChI is InChI=1S/C14H22N5OP/c1-4-11(14(20)18(2)3)5-10-6-13-17-12(8-16-21)9-19(13)15-7-10/h6-7,9,11,16H,4-5,8,21H2,1-3H3. The molecule has 0 aliphatic carbocycles. The van der Waals surface area contributed by atoms with Gasteiger partial charge in [0.1, 0.15) is 0 Å². The van der Waals surface area contributed by atoms with Gasteiger partial charge < -0.3 is 4.90 Å². The summed E-state index contributed by atoms with van der Waals surface area (Å²) >= 11 is 0. The van der Waals surface area contributed by atoms with Crippen LogP contribution < -0.4 is 5.09 Å². The maximum atomic E-state index is 12.1. The highest BCUT2D eigenvalue weighted by atomic mass is 31.0. The van der Waals surface area contributed by atoms with Crippen molar-refractivity contribution in [1.82, 2.24) is 24.6 Å². The molecule has 0 saturated carbocycles. The van der Waals surface area contributed by atoms with Crippen LogP contribution in [0.25, 0.3) is 5.65 Å². The fourth-order valence-electron chi connectivity index (χ4n) is 2.32. The molecule has 0 bridgehead atoms. The average Bonchev–Trinajstić information content (AvgIpc) is 2.85. The van der Waals surface area contributed by atoms with Crippen molar-refractivity contribution in [3.8, 4) is 0 Å². The van der Waals surface area contributed by atoms with Gasteiger partial charge in [-0.25, -0.2) is 9.50 Å². The highest BCUT2D eigenvalue weighted by molar-refractivity contribution is 7.13. The maximum absolute atomic E-state index is 12.1. The number of rotatable bonds is 6. The van der Waals surface area contributed by atoms with Gasteiger partial charge in [-0.2, -0.15) is 5.10 Å². The minimum absolute atomic E-state index is 0.00705. The van der Waals surface area contributed by atoms with E-state index in [2.05, 4.69) is 24.6 Å². The maximum Gasteiger partial charge on any atom is 0.225 e. The van der Waals surface area contributed by atoms with E-state index < -0.39 is 0 Å². The lowest BCUT2D eigenvalue weighted by Crippen LogP contribution is -2.30. The van der Waals surface area contributed by atoms with Crippen LogP contribution in [0.15, 0.2) is 18.5 Å². The molecule has 1 amide bonds. The largest absolute Gasteiger partial charge is 0.349 e. The molecule has 0 spiro atoms. The Morgan fingerprint density at radius 2 is 2.29 bits per heavy atom. The molecule has 0 radical (unpaired) electrons. The van der Waals surface area contributed by atoms with E-state index >= 15 is 0 Å². The Kier molecular flexibility index (Phi) is 5.26. The molecule has 1 N–H and O–H groups in total. The minimum Gasteiger partial charge on any atom is -0.349 e. The normalized spacial score (nSPS) is 12.6. The molecule has 114 valence electrons. The van der Waals surface area contributed by atoms with E-state index in [1.807, 2.05) is 25.4 Å². The van der Waals surface area contributed by atoms with Crippen molar-refractivity contribution in [2.24, 2.45) is 5.92 Å². The molecule has 0 aromatic carbocycles. The quantitative estimate of drug-likeness (QED) is 0.816. The third kappa shape index (κ3) is 3.77. The molecule has 21 heavy (non-hydrogen) atoms. The Balaban J connectivity index is 2.19. The predicted octanol–water partition coefficient (Wildman–Crippen LogP) is 1.27. The molecule has 2 aromatic rings. The van der Waals surface area contributed by atoms with Gasteiger partial charge in [-0.05, 0) is 24.5 Å². The molecular formula is C14H22N5OP. The van der Waals surface area contributed by atoms with Crippen LogP contribution in [-0.4, -0.2) is 39.5 Å². The van der Waals surface area contributed by atoms with Gasteiger partial charge in [0.15, 0.2) is 5.65 Å². The number of hydrogen-bond donors (Lipinski definition) is 1.